The number of halogens is 3. The molecule has 2 fully saturated rings. The van der Waals surface area contributed by atoms with Crippen LogP contribution in [0.1, 0.15) is 75.0 Å². The van der Waals surface area contributed by atoms with Gasteiger partial charge in [0.2, 0.25) is 0 Å². The lowest BCUT2D eigenvalue weighted by Gasteiger charge is -2.24. The summed E-state index contributed by atoms with van der Waals surface area (Å²) >= 11 is 0. The van der Waals surface area contributed by atoms with Crippen molar-refractivity contribution in [2.75, 3.05) is 16.3 Å². The van der Waals surface area contributed by atoms with Crippen molar-refractivity contribution in [3.05, 3.63) is 47.4 Å². The van der Waals surface area contributed by atoms with Crippen molar-refractivity contribution in [1.29, 1.82) is 0 Å². The van der Waals surface area contributed by atoms with Gasteiger partial charge in [-0.1, -0.05) is 6.07 Å². The molecule has 43 heavy (non-hydrogen) atoms. The monoisotopic (exact) mass is 598 g/mol. The largest absolute Gasteiger partial charge is 0.444 e. The van der Waals surface area contributed by atoms with Gasteiger partial charge in [0.15, 0.2) is 5.82 Å². The standard InChI is InChI=1S/C29H33F3N8O3/c1-17-7-6-12-38(17)23-13-18-19(21(36-23)14-33-26(42)43-27(2,3)4)15-39(25(18)41)22-9-5-8-20(35-22)24-37-34-16-40(24)28(10-11-28)29(30,31)32/h5,8-9,13,16-17H,6-7,10-12,14-15H2,1-4H3,(H,33,42). The molecule has 0 bridgehead atoms. The van der Waals surface area contributed by atoms with E-state index in [1.165, 1.54) is 4.90 Å². The molecule has 0 radical (unpaired) electrons. The first kappa shape index (κ1) is 28.9. The SMILES string of the molecule is CC1CCCN1c1cc2c(c(CNC(=O)OC(C)(C)C)n1)CN(c1cccc(-c3nncn3C3(C(F)(F)F)CC3)n1)C2=O. The van der Waals surface area contributed by atoms with Crippen molar-refractivity contribution in [3.8, 4) is 11.5 Å². The van der Waals surface area contributed by atoms with Crippen LogP contribution >= 0.6 is 0 Å². The van der Waals surface area contributed by atoms with E-state index < -0.39 is 23.4 Å². The molecule has 1 aliphatic carbocycles. The number of carbonyl (C=O) groups excluding carboxylic acids is 2. The summed E-state index contributed by atoms with van der Waals surface area (Å²) in [7, 11) is 0. The zero-order chi connectivity index (χ0) is 30.7. The third kappa shape index (κ3) is 5.27. The number of hydrogen-bond donors (Lipinski definition) is 1. The first-order valence-electron chi connectivity index (χ1n) is 14.3. The van der Waals surface area contributed by atoms with Crippen LogP contribution in [0.15, 0.2) is 30.6 Å². The van der Waals surface area contributed by atoms with Gasteiger partial charge in [0.25, 0.3) is 5.91 Å². The molecule has 5 heterocycles. The predicted octanol–water partition coefficient (Wildman–Crippen LogP) is 4.96. The molecule has 14 heteroatoms. The van der Waals surface area contributed by atoms with E-state index in [0.29, 0.717) is 22.6 Å². The van der Waals surface area contributed by atoms with Gasteiger partial charge < -0.3 is 15.0 Å². The molecule has 3 aliphatic rings. The van der Waals surface area contributed by atoms with Crippen LogP contribution in [0, 0.1) is 0 Å². The molecule has 2 amide bonds. The van der Waals surface area contributed by atoms with Gasteiger partial charge in [-0.05, 0) is 71.6 Å². The molecule has 3 aromatic rings. The van der Waals surface area contributed by atoms with Crippen LogP contribution < -0.4 is 15.1 Å². The van der Waals surface area contributed by atoms with Crippen molar-refractivity contribution in [3.63, 3.8) is 0 Å². The molecular formula is C29H33F3N8O3. The molecule has 1 saturated heterocycles. The first-order chi connectivity index (χ1) is 20.3. The van der Waals surface area contributed by atoms with Crippen LogP contribution in [0.25, 0.3) is 11.5 Å². The van der Waals surface area contributed by atoms with E-state index in [4.69, 9.17) is 9.72 Å². The van der Waals surface area contributed by atoms with Crippen molar-refractivity contribution in [2.45, 2.75) is 89.8 Å². The predicted molar refractivity (Wildman–Crippen MR) is 150 cm³/mol. The fraction of sp³-hybridized carbons (Fsp3) is 0.517. The Labute approximate surface area is 246 Å². The van der Waals surface area contributed by atoms with Gasteiger partial charge in [0, 0.05) is 18.2 Å². The molecular weight excluding hydrogens is 565 g/mol. The van der Waals surface area contributed by atoms with E-state index in [0.717, 1.165) is 30.3 Å². The Morgan fingerprint density at radius 1 is 1.16 bits per heavy atom. The summed E-state index contributed by atoms with van der Waals surface area (Å²) in [6, 6.07) is 6.82. The van der Waals surface area contributed by atoms with E-state index in [1.54, 1.807) is 45.0 Å². The normalized spacial score (nSPS) is 19.5. The Balaban J connectivity index is 1.32. The van der Waals surface area contributed by atoms with E-state index in [-0.39, 0.29) is 55.2 Å². The van der Waals surface area contributed by atoms with Crippen LogP contribution in [0.3, 0.4) is 0 Å². The highest BCUT2D eigenvalue weighted by Crippen LogP contribution is 2.56. The van der Waals surface area contributed by atoms with Gasteiger partial charge in [0.05, 0.1) is 24.3 Å². The van der Waals surface area contributed by atoms with Crippen molar-refractivity contribution < 1.29 is 27.5 Å². The highest BCUT2D eigenvalue weighted by molar-refractivity contribution is 6.10. The number of hydrogen-bond acceptors (Lipinski definition) is 8. The van der Waals surface area contributed by atoms with Gasteiger partial charge in [-0.25, -0.2) is 14.8 Å². The number of nitrogens with zero attached hydrogens (tertiary/aromatic N) is 7. The number of carbonyl (C=O) groups is 2. The molecule has 1 saturated carbocycles. The molecule has 2 aliphatic heterocycles. The third-order valence-electron chi connectivity index (χ3n) is 8.13. The van der Waals surface area contributed by atoms with E-state index >= 15 is 0 Å². The maximum Gasteiger partial charge on any atom is 0.412 e. The first-order valence-corrected chi connectivity index (χ1v) is 14.3. The van der Waals surface area contributed by atoms with Crippen LogP contribution in [-0.4, -0.2) is 61.1 Å². The zero-order valence-corrected chi connectivity index (χ0v) is 24.4. The number of nitrogens with one attached hydrogen (secondary N) is 1. The molecule has 1 unspecified atom stereocenters. The summed E-state index contributed by atoms with van der Waals surface area (Å²) < 4.78 is 48.1. The van der Waals surface area contributed by atoms with E-state index in [2.05, 4.69) is 32.3 Å². The second kappa shape index (κ2) is 10.2. The summed E-state index contributed by atoms with van der Waals surface area (Å²) in [4.78, 5) is 39.3. The van der Waals surface area contributed by atoms with E-state index in [9.17, 15) is 22.8 Å². The molecule has 0 spiro atoms. The number of alkyl carbamates (subject to hydrolysis) is 1. The highest BCUT2D eigenvalue weighted by Gasteiger charge is 2.65. The number of fused-ring (bicyclic) bond motifs is 1. The second-order valence-electron chi connectivity index (χ2n) is 12.3. The highest BCUT2D eigenvalue weighted by atomic mass is 19.4. The van der Waals surface area contributed by atoms with Crippen LogP contribution in [-0.2, 0) is 23.4 Å². The lowest BCUT2D eigenvalue weighted by Crippen LogP contribution is -2.35. The van der Waals surface area contributed by atoms with Crippen molar-refractivity contribution in [1.82, 2.24) is 30.0 Å². The average Bonchev–Trinajstić information content (AvgIpc) is 3.24. The molecule has 3 aromatic heterocycles. The lowest BCUT2D eigenvalue weighted by atomic mass is 10.1. The smallest absolute Gasteiger partial charge is 0.412 e. The van der Waals surface area contributed by atoms with Crippen molar-refractivity contribution >= 4 is 23.6 Å². The Bertz CT molecular complexity index is 1580. The Morgan fingerprint density at radius 2 is 1.93 bits per heavy atom. The van der Waals surface area contributed by atoms with Gasteiger partial charge in [-0.3, -0.25) is 14.3 Å². The maximum atomic E-state index is 13.9. The topological polar surface area (TPSA) is 118 Å². The number of pyridine rings is 2. The number of aromatic nitrogens is 5. The molecule has 228 valence electrons. The van der Waals surface area contributed by atoms with Gasteiger partial charge in [-0.2, -0.15) is 13.2 Å². The van der Waals surface area contributed by atoms with Crippen LogP contribution in [0.4, 0.5) is 29.6 Å². The molecule has 0 aromatic carbocycles. The maximum absolute atomic E-state index is 13.9. The fourth-order valence-electron chi connectivity index (χ4n) is 5.77. The summed E-state index contributed by atoms with van der Waals surface area (Å²) in [6.45, 7) is 8.38. The van der Waals surface area contributed by atoms with Gasteiger partial charge in [0.1, 0.15) is 34.8 Å². The third-order valence-corrected chi connectivity index (χ3v) is 8.13. The number of alkyl halides is 3. The number of amides is 2. The molecule has 11 nitrogen and oxygen atoms in total. The average molecular weight is 599 g/mol. The summed E-state index contributed by atoms with van der Waals surface area (Å²) in [5, 5.41) is 10.5. The van der Waals surface area contributed by atoms with E-state index in [1.807, 2.05) is 0 Å². The lowest BCUT2D eigenvalue weighted by molar-refractivity contribution is -0.179. The Hall–Kier alpha value is -4.23. The number of ether oxygens (including phenoxy) is 1. The quantitative estimate of drug-likeness (QED) is 0.423. The Kier molecular flexibility index (Phi) is 6.85. The van der Waals surface area contributed by atoms with Gasteiger partial charge in [-0.15, -0.1) is 10.2 Å². The van der Waals surface area contributed by atoms with Crippen LogP contribution in [0.2, 0.25) is 0 Å². The summed E-state index contributed by atoms with van der Waals surface area (Å²) in [5.74, 6) is 0.572. The Morgan fingerprint density at radius 3 is 2.58 bits per heavy atom. The fourth-order valence-corrected chi connectivity index (χ4v) is 5.77. The van der Waals surface area contributed by atoms with Gasteiger partial charge >= 0.3 is 12.3 Å². The number of rotatable bonds is 6. The molecule has 6 rings (SSSR count). The van der Waals surface area contributed by atoms with Crippen LogP contribution in [0.5, 0.6) is 0 Å². The minimum Gasteiger partial charge on any atom is -0.444 e. The summed E-state index contributed by atoms with van der Waals surface area (Å²) in [6.07, 6.45) is -2.11. The van der Waals surface area contributed by atoms with Crippen molar-refractivity contribution in [2.24, 2.45) is 0 Å². The minimum absolute atomic E-state index is 0.0185. The molecule has 1 N–H and O–H groups in total. The molecule has 1 atom stereocenters. The second-order valence-corrected chi connectivity index (χ2v) is 12.3. The zero-order valence-electron chi connectivity index (χ0n) is 24.4. The minimum atomic E-state index is -4.46. The number of anilines is 2. The summed E-state index contributed by atoms with van der Waals surface area (Å²) in [5.41, 5.74) is -0.945.